The van der Waals surface area contributed by atoms with Crippen LogP contribution in [0.15, 0.2) is 0 Å². The molecule has 0 aromatic carbocycles. The smallest absolute Gasteiger partial charge is 0.279 e. The lowest BCUT2D eigenvalue weighted by molar-refractivity contribution is 0.160. The lowest BCUT2D eigenvalue weighted by Gasteiger charge is -2.37. The minimum Gasteiger partial charge on any atom is -0.330 e. The van der Waals surface area contributed by atoms with Crippen LogP contribution < -0.4 is 10.5 Å². The third kappa shape index (κ3) is 3.96. The zero-order valence-electron chi connectivity index (χ0n) is 13.3. The number of nitrogens with two attached hydrogens (primary N) is 1. The summed E-state index contributed by atoms with van der Waals surface area (Å²) in [6, 6.07) is 0. The number of hydrogen-bond donors (Lipinski definition) is 2. The highest BCUT2D eigenvalue weighted by molar-refractivity contribution is 7.87. The van der Waals surface area contributed by atoms with Crippen molar-refractivity contribution in [1.82, 2.24) is 13.9 Å². The summed E-state index contributed by atoms with van der Waals surface area (Å²) in [4.78, 5) is 2.18. The lowest BCUT2D eigenvalue weighted by Crippen LogP contribution is -2.54. The van der Waals surface area contributed by atoms with Gasteiger partial charge in [-0.2, -0.15) is 12.7 Å². The first-order valence-corrected chi connectivity index (χ1v) is 9.46. The van der Waals surface area contributed by atoms with Crippen molar-refractivity contribution in [3.8, 4) is 0 Å². The summed E-state index contributed by atoms with van der Waals surface area (Å²) in [5, 5.41) is 0. The second-order valence-corrected chi connectivity index (χ2v) is 8.49. The Balaban J connectivity index is 1.92. The van der Waals surface area contributed by atoms with Gasteiger partial charge in [-0.15, -0.1) is 0 Å². The molecule has 1 heterocycles. The molecule has 1 saturated heterocycles. The fourth-order valence-corrected chi connectivity index (χ4v) is 4.84. The van der Waals surface area contributed by atoms with E-state index in [-0.39, 0.29) is 5.54 Å². The summed E-state index contributed by atoms with van der Waals surface area (Å²) < 4.78 is 29.4. The first-order valence-electron chi connectivity index (χ1n) is 8.02. The summed E-state index contributed by atoms with van der Waals surface area (Å²) in [5.74, 6) is 0.472. The molecule has 2 aliphatic rings. The molecular weight excluding hydrogens is 288 g/mol. The summed E-state index contributed by atoms with van der Waals surface area (Å²) in [7, 11) is 0.738. The monoisotopic (exact) mass is 318 g/mol. The van der Waals surface area contributed by atoms with E-state index >= 15 is 0 Å². The van der Waals surface area contributed by atoms with Gasteiger partial charge < -0.3 is 10.6 Å². The van der Waals surface area contributed by atoms with Crippen molar-refractivity contribution in [3.63, 3.8) is 0 Å². The molecule has 0 amide bonds. The molecular formula is C14H30N4O2S. The number of nitrogens with zero attached hydrogens (tertiary/aromatic N) is 2. The van der Waals surface area contributed by atoms with Gasteiger partial charge >= 0.3 is 0 Å². The van der Waals surface area contributed by atoms with Gasteiger partial charge in [-0.05, 0) is 52.2 Å². The lowest BCUT2D eigenvalue weighted by atomic mass is 9.97. The number of piperidine rings is 1. The average molecular weight is 318 g/mol. The van der Waals surface area contributed by atoms with Crippen LogP contribution in [0.4, 0.5) is 0 Å². The summed E-state index contributed by atoms with van der Waals surface area (Å²) >= 11 is 0. The molecule has 124 valence electrons. The van der Waals surface area contributed by atoms with Crippen molar-refractivity contribution in [2.24, 2.45) is 11.7 Å². The van der Waals surface area contributed by atoms with Gasteiger partial charge in [-0.1, -0.05) is 12.8 Å². The first kappa shape index (κ1) is 17.1. The minimum atomic E-state index is -3.36. The van der Waals surface area contributed by atoms with Crippen LogP contribution in [0.25, 0.3) is 0 Å². The van der Waals surface area contributed by atoms with Gasteiger partial charge in [-0.25, -0.2) is 4.72 Å². The molecule has 0 unspecified atom stereocenters. The number of likely N-dealkylation sites (N-methyl/N-ethyl adjacent to an activating group) is 1. The predicted octanol–water partition coefficient (Wildman–Crippen LogP) is 0.366. The zero-order valence-corrected chi connectivity index (χ0v) is 14.2. The van der Waals surface area contributed by atoms with Crippen molar-refractivity contribution in [1.29, 1.82) is 0 Å². The summed E-state index contributed by atoms with van der Waals surface area (Å²) in [5.41, 5.74) is 5.65. The van der Waals surface area contributed by atoms with Crippen LogP contribution in [0.1, 0.15) is 38.5 Å². The van der Waals surface area contributed by atoms with E-state index in [2.05, 4.69) is 9.62 Å². The third-order valence-electron chi connectivity index (χ3n) is 5.31. The van der Waals surface area contributed by atoms with E-state index in [0.29, 0.717) is 32.1 Å². The Labute approximate surface area is 129 Å². The van der Waals surface area contributed by atoms with Gasteiger partial charge in [0.1, 0.15) is 0 Å². The molecule has 21 heavy (non-hydrogen) atoms. The number of rotatable bonds is 6. The Kier molecular flexibility index (Phi) is 5.65. The van der Waals surface area contributed by atoms with Crippen molar-refractivity contribution in [2.45, 2.75) is 44.1 Å². The molecule has 0 radical (unpaired) electrons. The third-order valence-corrected chi connectivity index (χ3v) is 6.87. The molecule has 2 fully saturated rings. The Hall–Kier alpha value is -0.210. The van der Waals surface area contributed by atoms with E-state index in [1.54, 1.807) is 4.31 Å². The maximum Gasteiger partial charge on any atom is 0.279 e. The fourth-order valence-electron chi connectivity index (χ4n) is 3.52. The van der Waals surface area contributed by atoms with Crippen molar-refractivity contribution in [3.05, 3.63) is 0 Å². The summed E-state index contributed by atoms with van der Waals surface area (Å²) in [6.07, 6.45) is 6.24. The molecule has 2 rings (SSSR count). The van der Waals surface area contributed by atoms with Crippen molar-refractivity contribution >= 4 is 10.2 Å². The van der Waals surface area contributed by atoms with Gasteiger partial charge in [0, 0.05) is 25.2 Å². The zero-order chi connectivity index (χ0) is 15.5. The predicted molar refractivity (Wildman–Crippen MR) is 85.2 cm³/mol. The normalized spacial score (nSPS) is 24.8. The minimum absolute atomic E-state index is 0.0113. The van der Waals surface area contributed by atoms with Crippen LogP contribution in [0.2, 0.25) is 0 Å². The van der Waals surface area contributed by atoms with Gasteiger partial charge in [-0.3, -0.25) is 0 Å². The van der Waals surface area contributed by atoms with Gasteiger partial charge in [0.05, 0.1) is 0 Å². The highest BCUT2D eigenvalue weighted by Gasteiger charge is 2.38. The van der Waals surface area contributed by atoms with E-state index in [4.69, 9.17) is 5.73 Å². The molecule has 1 aliphatic heterocycles. The van der Waals surface area contributed by atoms with Crippen LogP contribution >= 0.6 is 0 Å². The maximum atomic E-state index is 12.5. The molecule has 1 saturated carbocycles. The SMILES string of the molecule is CN(C)C1(CNS(=O)(=O)N2CCC(CN)CC2)CCCC1. The maximum absolute atomic E-state index is 12.5. The largest absolute Gasteiger partial charge is 0.330 e. The van der Waals surface area contributed by atoms with Crippen LogP contribution in [-0.2, 0) is 10.2 Å². The Morgan fingerprint density at radius 3 is 2.29 bits per heavy atom. The molecule has 0 aromatic rings. The van der Waals surface area contributed by atoms with Crippen molar-refractivity contribution < 1.29 is 8.42 Å². The Morgan fingerprint density at radius 1 is 1.24 bits per heavy atom. The van der Waals surface area contributed by atoms with Crippen LogP contribution in [-0.4, -0.2) is 63.4 Å². The standard InChI is InChI=1S/C14H30N4O2S/c1-17(2)14(7-3-4-8-14)12-16-21(19,20)18-9-5-13(11-15)6-10-18/h13,16H,3-12,15H2,1-2H3. The van der Waals surface area contributed by atoms with E-state index in [9.17, 15) is 8.42 Å². The van der Waals surface area contributed by atoms with Crippen molar-refractivity contribution in [2.75, 3.05) is 40.3 Å². The first-order chi connectivity index (χ1) is 9.89. The second kappa shape index (κ2) is 6.91. The Morgan fingerprint density at radius 2 is 1.81 bits per heavy atom. The quantitative estimate of drug-likeness (QED) is 0.741. The molecule has 3 N–H and O–H groups in total. The Bertz CT molecular complexity index is 424. The van der Waals surface area contributed by atoms with Crippen LogP contribution in [0.3, 0.4) is 0 Å². The highest BCUT2D eigenvalue weighted by atomic mass is 32.2. The number of nitrogens with one attached hydrogen (secondary N) is 1. The molecule has 0 spiro atoms. The van der Waals surface area contributed by atoms with Gasteiger partial charge in [0.15, 0.2) is 0 Å². The molecule has 0 atom stereocenters. The fraction of sp³-hybridized carbons (Fsp3) is 1.00. The molecule has 7 heteroatoms. The topological polar surface area (TPSA) is 78.7 Å². The van der Waals surface area contributed by atoms with Crippen LogP contribution in [0, 0.1) is 5.92 Å². The van der Waals surface area contributed by atoms with Crippen LogP contribution in [0.5, 0.6) is 0 Å². The van der Waals surface area contributed by atoms with Gasteiger partial charge in [0.2, 0.25) is 0 Å². The number of hydrogen-bond acceptors (Lipinski definition) is 4. The molecule has 6 nitrogen and oxygen atoms in total. The molecule has 1 aliphatic carbocycles. The van der Waals surface area contributed by atoms with Gasteiger partial charge in [0.25, 0.3) is 10.2 Å². The second-order valence-electron chi connectivity index (χ2n) is 6.73. The van der Waals surface area contributed by atoms with E-state index in [0.717, 1.165) is 25.7 Å². The molecule has 0 bridgehead atoms. The summed E-state index contributed by atoms with van der Waals surface area (Å²) in [6.45, 7) is 2.35. The molecule has 0 aromatic heterocycles. The van der Waals surface area contributed by atoms with E-state index in [1.807, 2.05) is 14.1 Å². The van der Waals surface area contributed by atoms with E-state index < -0.39 is 10.2 Å². The highest BCUT2D eigenvalue weighted by Crippen LogP contribution is 2.33. The van der Waals surface area contributed by atoms with E-state index in [1.165, 1.54) is 12.8 Å². The average Bonchev–Trinajstić information content (AvgIpc) is 2.96.